The number of carbonyl (C=O) groups excluding carboxylic acids is 1. The fourth-order valence-electron chi connectivity index (χ4n) is 2.47. The summed E-state index contributed by atoms with van der Waals surface area (Å²) in [4.78, 5) is 12.1. The maximum atomic E-state index is 12.1. The Morgan fingerprint density at radius 2 is 2.09 bits per heavy atom. The molecule has 0 spiro atoms. The first kappa shape index (κ1) is 18.0. The Bertz CT molecular complexity index is 679. The lowest BCUT2D eigenvalue weighted by Crippen LogP contribution is -2.29. The molecule has 0 fully saturated rings. The molecule has 0 bridgehead atoms. The lowest BCUT2D eigenvalue weighted by molar-refractivity contribution is -0.144. The lowest BCUT2D eigenvalue weighted by atomic mass is 9.94. The van der Waals surface area contributed by atoms with Gasteiger partial charge in [-0.2, -0.15) is 0 Å². The molecule has 4 nitrogen and oxygen atoms in total. The van der Waals surface area contributed by atoms with Crippen molar-refractivity contribution in [2.24, 2.45) is 0 Å². The van der Waals surface area contributed by atoms with E-state index >= 15 is 0 Å². The third-order valence-corrected chi connectivity index (χ3v) is 3.91. The largest absolute Gasteiger partial charge is 0.465 e. The van der Waals surface area contributed by atoms with Crippen molar-refractivity contribution in [3.8, 4) is 0 Å². The van der Waals surface area contributed by atoms with Crippen LogP contribution in [0, 0.1) is 0 Å². The first-order chi connectivity index (χ1) is 10.7. The fraction of sp³-hybridized carbons (Fsp3) is 0.444. The summed E-state index contributed by atoms with van der Waals surface area (Å²) in [6.45, 7) is 5.63. The molecule has 0 aromatic heterocycles. The number of benzene rings is 1. The molecule has 1 aromatic rings. The molecule has 1 aliphatic carbocycles. The van der Waals surface area contributed by atoms with E-state index in [0.29, 0.717) is 24.0 Å². The average molecular weight is 381 g/mol. The van der Waals surface area contributed by atoms with E-state index in [-0.39, 0.29) is 0 Å². The van der Waals surface area contributed by atoms with E-state index in [0.717, 1.165) is 15.6 Å². The van der Waals surface area contributed by atoms with Crippen LogP contribution in [0.25, 0.3) is 0 Å². The number of aliphatic hydroxyl groups is 1. The molecule has 0 amide bonds. The summed E-state index contributed by atoms with van der Waals surface area (Å²) in [7, 11) is 1.36. The van der Waals surface area contributed by atoms with Gasteiger partial charge in [-0.1, -0.05) is 15.9 Å². The smallest absolute Gasteiger partial charge is 0.338 e. The maximum absolute atomic E-state index is 12.1. The van der Waals surface area contributed by atoms with Crippen molar-refractivity contribution < 1.29 is 19.4 Å². The third-order valence-electron chi connectivity index (χ3n) is 3.45. The predicted octanol–water partition coefficient (Wildman–Crippen LogP) is 3.55. The number of aliphatic hydroxyl groups excluding tert-OH is 1. The van der Waals surface area contributed by atoms with Gasteiger partial charge in [0.15, 0.2) is 6.29 Å². The van der Waals surface area contributed by atoms with Crippen LogP contribution in [0.3, 0.4) is 0 Å². The second-order valence-electron chi connectivity index (χ2n) is 6.42. The summed E-state index contributed by atoms with van der Waals surface area (Å²) in [5.74, 6) is -0.393. The second-order valence-corrected chi connectivity index (χ2v) is 7.34. The van der Waals surface area contributed by atoms with Gasteiger partial charge in [0.2, 0.25) is 0 Å². The van der Waals surface area contributed by atoms with Crippen LogP contribution >= 0.6 is 15.9 Å². The monoisotopic (exact) mass is 380 g/mol. The summed E-state index contributed by atoms with van der Waals surface area (Å²) in [6.07, 6.45) is 1.81. The minimum absolute atomic E-state index is 0.390. The molecule has 1 aliphatic rings. The average Bonchev–Trinajstić information content (AvgIpc) is 2.66. The Labute approximate surface area is 144 Å². The molecule has 0 saturated heterocycles. The molecule has 0 aliphatic heterocycles. The zero-order valence-corrected chi connectivity index (χ0v) is 15.4. The van der Waals surface area contributed by atoms with Crippen molar-refractivity contribution in [2.75, 3.05) is 7.11 Å². The van der Waals surface area contributed by atoms with Gasteiger partial charge < -0.3 is 14.6 Å². The van der Waals surface area contributed by atoms with E-state index < -0.39 is 17.9 Å². The predicted molar refractivity (Wildman–Crippen MR) is 91.3 cm³/mol. The number of hydrogen-bond acceptors (Lipinski definition) is 4. The Kier molecular flexibility index (Phi) is 5.48. The standard InChI is InChI=1S/C18H21BrO4/c1-18(2,3)23-16(20)12-7-5-6-11-8-13(19)10-15(14(11)9-12)17(21)22-4/h5,8,10,16,20H,6,9H2,1-4H3. The first-order valence-electron chi connectivity index (χ1n) is 7.40. The molecule has 1 atom stereocenters. The van der Waals surface area contributed by atoms with Crippen LogP contribution in [-0.2, 0) is 22.3 Å². The van der Waals surface area contributed by atoms with E-state index in [2.05, 4.69) is 21.7 Å². The van der Waals surface area contributed by atoms with Gasteiger partial charge in [0.1, 0.15) is 0 Å². The first-order valence-corrected chi connectivity index (χ1v) is 8.20. The van der Waals surface area contributed by atoms with Crippen molar-refractivity contribution in [1.82, 2.24) is 0 Å². The van der Waals surface area contributed by atoms with E-state index in [1.807, 2.05) is 32.9 Å². The number of carbonyl (C=O) groups is 1. The van der Waals surface area contributed by atoms with Crippen LogP contribution in [0.2, 0.25) is 0 Å². The van der Waals surface area contributed by atoms with Crippen LogP contribution in [0.4, 0.5) is 0 Å². The van der Waals surface area contributed by atoms with Gasteiger partial charge in [0.05, 0.1) is 18.3 Å². The highest BCUT2D eigenvalue weighted by Gasteiger charge is 2.24. The van der Waals surface area contributed by atoms with Crippen LogP contribution < -0.4 is 0 Å². The van der Waals surface area contributed by atoms with Gasteiger partial charge in [-0.05, 0) is 56.5 Å². The molecule has 0 radical (unpaired) electrons. The molecule has 0 saturated carbocycles. The Hall–Kier alpha value is -1.39. The van der Waals surface area contributed by atoms with E-state index in [1.54, 1.807) is 6.07 Å². The van der Waals surface area contributed by atoms with Gasteiger partial charge in [-0.25, -0.2) is 4.79 Å². The van der Waals surface area contributed by atoms with Gasteiger partial charge in [0.25, 0.3) is 0 Å². The number of halogens is 1. The molecule has 2 rings (SSSR count). The summed E-state index contributed by atoms with van der Waals surface area (Å²) >= 11 is 3.43. The number of ether oxygens (including phenoxy) is 2. The van der Waals surface area contributed by atoms with E-state index in [4.69, 9.17) is 9.47 Å². The molecule has 1 unspecified atom stereocenters. The summed E-state index contributed by atoms with van der Waals surface area (Å²) in [5.41, 5.74) is 5.57. The molecule has 23 heavy (non-hydrogen) atoms. The molecule has 1 N–H and O–H groups in total. The number of rotatable bonds is 3. The minimum Gasteiger partial charge on any atom is -0.465 e. The van der Waals surface area contributed by atoms with Crippen molar-refractivity contribution in [2.45, 2.75) is 45.5 Å². The van der Waals surface area contributed by atoms with Crippen LogP contribution in [-0.4, -0.2) is 30.1 Å². The van der Waals surface area contributed by atoms with Gasteiger partial charge in [-0.3, -0.25) is 0 Å². The second kappa shape index (κ2) is 7.02. The number of esters is 1. The van der Waals surface area contributed by atoms with Crippen LogP contribution in [0.15, 0.2) is 34.0 Å². The van der Waals surface area contributed by atoms with Crippen LogP contribution in [0.1, 0.15) is 42.3 Å². The Morgan fingerprint density at radius 1 is 1.39 bits per heavy atom. The quantitative estimate of drug-likeness (QED) is 0.494. The van der Waals surface area contributed by atoms with Gasteiger partial charge >= 0.3 is 5.97 Å². The number of methoxy groups -OCH3 is 1. The highest BCUT2D eigenvalue weighted by Crippen LogP contribution is 2.28. The Balaban J connectivity index is 2.40. The fourth-order valence-corrected chi connectivity index (χ4v) is 2.98. The zero-order valence-electron chi connectivity index (χ0n) is 13.8. The summed E-state index contributed by atoms with van der Waals surface area (Å²) in [6, 6.07) is 3.71. The van der Waals surface area contributed by atoms with Crippen molar-refractivity contribution in [3.05, 3.63) is 50.7 Å². The number of fused-ring (bicyclic) bond motifs is 1. The molecule has 1 aromatic carbocycles. The highest BCUT2D eigenvalue weighted by molar-refractivity contribution is 9.10. The van der Waals surface area contributed by atoms with Gasteiger partial charge in [0, 0.05) is 16.5 Å². The molecule has 124 valence electrons. The SMILES string of the molecule is COC(=O)c1cc(Br)cc2c1CC(C(O)OC(C)(C)C)=C=CC2. The topological polar surface area (TPSA) is 55.8 Å². The molecule has 5 heteroatoms. The molecular weight excluding hydrogens is 360 g/mol. The normalized spacial score (nSPS) is 15.5. The number of hydrogen-bond donors (Lipinski definition) is 1. The van der Waals surface area contributed by atoms with E-state index in [9.17, 15) is 9.90 Å². The summed E-state index contributed by atoms with van der Waals surface area (Å²) < 4.78 is 11.3. The van der Waals surface area contributed by atoms with Crippen molar-refractivity contribution in [1.29, 1.82) is 0 Å². The zero-order chi connectivity index (χ0) is 17.2. The third kappa shape index (κ3) is 4.55. The molecular formula is C18H21BrO4. The highest BCUT2D eigenvalue weighted by atomic mass is 79.9. The van der Waals surface area contributed by atoms with Crippen molar-refractivity contribution in [3.63, 3.8) is 0 Å². The van der Waals surface area contributed by atoms with Gasteiger partial charge in [-0.15, -0.1) is 5.73 Å². The van der Waals surface area contributed by atoms with Crippen LogP contribution in [0.5, 0.6) is 0 Å². The van der Waals surface area contributed by atoms with E-state index in [1.165, 1.54) is 7.11 Å². The minimum atomic E-state index is -1.06. The van der Waals surface area contributed by atoms with Crippen molar-refractivity contribution >= 4 is 21.9 Å². The lowest BCUT2D eigenvalue weighted by Gasteiger charge is -2.25. The summed E-state index contributed by atoms with van der Waals surface area (Å²) in [5, 5.41) is 10.3. The maximum Gasteiger partial charge on any atom is 0.338 e. The molecule has 0 heterocycles. The Morgan fingerprint density at radius 3 is 2.70 bits per heavy atom.